The van der Waals surface area contributed by atoms with Crippen LogP contribution in [-0.2, 0) is 4.79 Å². The van der Waals surface area contributed by atoms with Gasteiger partial charge in [0, 0.05) is 18.1 Å². The SMILES string of the molecule is CCCN(CC(=O)NC)C(=O)c1cc(OC)ccc1Br. The zero-order chi connectivity index (χ0) is 15.1. The van der Waals surface area contributed by atoms with Crippen LogP contribution in [-0.4, -0.2) is 44.0 Å². The van der Waals surface area contributed by atoms with Crippen molar-refractivity contribution in [3.63, 3.8) is 0 Å². The second kappa shape index (κ2) is 7.89. The number of halogens is 1. The fourth-order valence-corrected chi connectivity index (χ4v) is 2.16. The molecule has 0 radical (unpaired) electrons. The van der Waals surface area contributed by atoms with Gasteiger partial charge in [-0.25, -0.2) is 0 Å². The summed E-state index contributed by atoms with van der Waals surface area (Å²) in [7, 11) is 3.10. The average Bonchev–Trinajstić information content (AvgIpc) is 2.46. The molecule has 1 rings (SSSR count). The molecule has 1 aromatic rings. The summed E-state index contributed by atoms with van der Waals surface area (Å²) in [6.45, 7) is 2.54. The number of amides is 2. The van der Waals surface area contributed by atoms with E-state index in [1.54, 1.807) is 32.4 Å². The number of likely N-dealkylation sites (N-methyl/N-ethyl adjacent to an activating group) is 1. The molecule has 1 N–H and O–H groups in total. The Morgan fingerprint density at radius 1 is 1.40 bits per heavy atom. The minimum absolute atomic E-state index is 0.0484. The van der Waals surface area contributed by atoms with Gasteiger partial charge in [-0.1, -0.05) is 6.92 Å². The molecule has 20 heavy (non-hydrogen) atoms. The Morgan fingerprint density at radius 2 is 2.10 bits per heavy atom. The number of carbonyl (C=O) groups excluding carboxylic acids is 2. The molecule has 0 aliphatic heterocycles. The first-order valence-electron chi connectivity index (χ1n) is 6.36. The van der Waals surface area contributed by atoms with Gasteiger partial charge in [-0.05, 0) is 40.5 Å². The summed E-state index contributed by atoms with van der Waals surface area (Å²) >= 11 is 3.36. The first kappa shape index (κ1) is 16.5. The smallest absolute Gasteiger partial charge is 0.255 e. The molecule has 0 saturated heterocycles. The van der Waals surface area contributed by atoms with Crippen LogP contribution in [0.4, 0.5) is 0 Å². The van der Waals surface area contributed by atoms with Crippen LogP contribution in [0.25, 0.3) is 0 Å². The maximum Gasteiger partial charge on any atom is 0.255 e. The highest BCUT2D eigenvalue weighted by molar-refractivity contribution is 9.10. The summed E-state index contributed by atoms with van der Waals surface area (Å²) in [6, 6.07) is 5.19. The van der Waals surface area contributed by atoms with E-state index in [2.05, 4.69) is 21.2 Å². The van der Waals surface area contributed by atoms with Gasteiger partial charge in [0.15, 0.2) is 0 Å². The first-order valence-corrected chi connectivity index (χ1v) is 7.16. The van der Waals surface area contributed by atoms with Crippen molar-refractivity contribution in [1.82, 2.24) is 10.2 Å². The minimum atomic E-state index is -0.193. The monoisotopic (exact) mass is 342 g/mol. The van der Waals surface area contributed by atoms with E-state index in [4.69, 9.17) is 4.74 Å². The number of nitrogens with zero attached hydrogens (tertiary/aromatic N) is 1. The van der Waals surface area contributed by atoms with Crippen molar-refractivity contribution >= 4 is 27.7 Å². The van der Waals surface area contributed by atoms with Crippen LogP contribution >= 0.6 is 15.9 Å². The van der Waals surface area contributed by atoms with E-state index in [0.29, 0.717) is 22.3 Å². The summed E-state index contributed by atoms with van der Waals surface area (Å²) in [5.41, 5.74) is 0.488. The Labute approximate surface area is 127 Å². The van der Waals surface area contributed by atoms with Gasteiger partial charge < -0.3 is 15.0 Å². The Morgan fingerprint density at radius 3 is 2.65 bits per heavy atom. The van der Waals surface area contributed by atoms with E-state index in [1.165, 1.54) is 4.90 Å². The second-order valence-corrected chi connectivity index (χ2v) is 5.10. The highest BCUT2D eigenvalue weighted by atomic mass is 79.9. The number of benzene rings is 1. The Balaban J connectivity index is 3.01. The summed E-state index contributed by atoms with van der Waals surface area (Å²) < 4.78 is 5.81. The lowest BCUT2D eigenvalue weighted by Gasteiger charge is -2.22. The van der Waals surface area contributed by atoms with Crippen molar-refractivity contribution in [3.05, 3.63) is 28.2 Å². The summed E-state index contributed by atoms with van der Waals surface area (Å²) in [5, 5.41) is 2.53. The summed E-state index contributed by atoms with van der Waals surface area (Å²) in [6.07, 6.45) is 0.782. The predicted octanol–water partition coefficient (Wildman–Crippen LogP) is 2.06. The zero-order valence-electron chi connectivity index (χ0n) is 11.9. The Bertz CT molecular complexity index is 491. The van der Waals surface area contributed by atoms with Gasteiger partial charge in [0.05, 0.1) is 19.2 Å². The van der Waals surface area contributed by atoms with E-state index < -0.39 is 0 Å². The quantitative estimate of drug-likeness (QED) is 0.860. The van der Waals surface area contributed by atoms with Crippen LogP contribution < -0.4 is 10.1 Å². The zero-order valence-corrected chi connectivity index (χ0v) is 13.5. The molecule has 2 amide bonds. The van der Waals surface area contributed by atoms with Crippen molar-refractivity contribution < 1.29 is 14.3 Å². The molecule has 0 aliphatic rings. The van der Waals surface area contributed by atoms with Crippen LogP contribution in [0.3, 0.4) is 0 Å². The van der Waals surface area contributed by atoms with Crippen molar-refractivity contribution in [1.29, 1.82) is 0 Å². The minimum Gasteiger partial charge on any atom is -0.497 e. The van der Waals surface area contributed by atoms with E-state index >= 15 is 0 Å². The number of carbonyl (C=O) groups is 2. The van der Waals surface area contributed by atoms with Crippen molar-refractivity contribution in [2.45, 2.75) is 13.3 Å². The number of rotatable bonds is 6. The number of nitrogens with one attached hydrogen (secondary N) is 1. The first-order chi connectivity index (χ1) is 9.53. The lowest BCUT2D eigenvalue weighted by atomic mass is 10.2. The fraction of sp³-hybridized carbons (Fsp3) is 0.429. The maximum atomic E-state index is 12.5. The normalized spacial score (nSPS) is 10.0. The van der Waals surface area contributed by atoms with Crippen LogP contribution in [0.5, 0.6) is 5.75 Å². The maximum absolute atomic E-state index is 12.5. The predicted molar refractivity (Wildman–Crippen MR) is 81.0 cm³/mol. The molecular weight excluding hydrogens is 324 g/mol. The van der Waals surface area contributed by atoms with E-state index in [9.17, 15) is 9.59 Å². The van der Waals surface area contributed by atoms with E-state index in [1.807, 2.05) is 6.92 Å². The Hall–Kier alpha value is -1.56. The standard InChI is InChI=1S/C14H19BrN2O3/c1-4-7-17(9-13(18)16-2)14(19)11-8-10(20-3)5-6-12(11)15/h5-6,8H,4,7,9H2,1-3H3,(H,16,18). The molecule has 0 atom stereocenters. The van der Waals surface area contributed by atoms with Crippen molar-refractivity contribution in [2.24, 2.45) is 0 Å². The van der Waals surface area contributed by atoms with Gasteiger partial charge in [0.1, 0.15) is 5.75 Å². The number of methoxy groups -OCH3 is 1. The van der Waals surface area contributed by atoms with Crippen LogP contribution in [0.15, 0.2) is 22.7 Å². The highest BCUT2D eigenvalue weighted by Gasteiger charge is 2.20. The number of ether oxygens (including phenoxy) is 1. The summed E-state index contributed by atoms with van der Waals surface area (Å²) in [5.74, 6) is 0.222. The molecule has 0 saturated carbocycles. The van der Waals surface area contributed by atoms with Gasteiger partial charge in [-0.15, -0.1) is 0 Å². The van der Waals surface area contributed by atoms with Crippen LogP contribution in [0.2, 0.25) is 0 Å². The number of hydrogen-bond acceptors (Lipinski definition) is 3. The van der Waals surface area contributed by atoms with Crippen molar-refractivity contribution in [3.8, 4) is 5.75 Å². The van der Waals surface area contributed by atoms with E-state index in [-0.39, 0.29) is 18.4 Å². The van der Waals surface area contributed by atoms with Gasteiger partial charge in [-0.3, -0.25) is 9.59 Å². The van der Waals surface area contributed by atoms with Gasteiger partial charge >= 0.3 is 0 Å². The van der Waals surface area contributed by atoms with Crippen LogP contribution in [0.1, 0.15) is 23.7 Å². The molecule has 0 aromatic heterocycles. The fourth-order valence-electron chi connectivity index (χ4n) is 1.74. The molecule has 1 aromatic carbocycles. The largest absolute Gasteiger partial charge is 0.497 e. The highest BCUT2D eigenvalue weighted by Crippen LogP contribution is 2.23. The molecule has 0 bridgehead atoms. The van der Waals surface area contributed by atoms with Crippen LogP contribution in [0, 0.1) is 0 Å². The van der Waals surface area contributed by atoms with Crippen molar-refractivity contribution in [2.75, 3.05) is 27.2 Å². The third-order valence-corrected chi connectivity index (χ3v) is 3.49. The van der Waals surface area contributed by atoms with E-state index in [0.717, 1.165) is 6.42 Å². The lowest BCUT2D eigenvalue weighted by molar-refractivity contribution is -0.121. The molecule has 0 spiro atoms. The molecule has 0 fully saturated rings. The molecule has 6 heteroatoms. The van der Waals surface area contributed by atoms with Gasteiger partial charge in [0.2, 0.25) is 5.91 Å². The Kier molecular flexibility index (Phi) is 6.51. The molecule has 0 heterocycles. The lowest BCUT2D eigenvalue weighted by Crippen LogP contribution is -2.40. The molecule has 5 nitrogen and oxygen atoms in total. The number of hydrogen-bond donors (Lipinski definition) is 1. The topological polar surface area (TPSA) is 58.6 Å². The third-order valence-electron chi connectivity index (χ3n) is 2.80. The molecule has 0 aliphatic carbocycles. The second-order valence-electron chi connectivity index (χ2n) is 4.25. The molecule has 0 unspecified atom stereocenters. The molecule has 110 valence electrons. The molecular formula is C14H19BrN2O3. The third kappa shape index (κ3) is 4.23. The average molecular weight is 343 g/mol. The van der Waals surface area contributed by atoms with Gasteiger partial charge in [0.25, 0.3) is 5.91 Å². The van der Waals surface area contributed by atoms with Gasteiger partial charge in [-0.2, -0.15) is 0 Å². The summed E-state index contributed by atoms with van der Waals surface area (Å²) in [4.78, 5) is 25.6.